The van der Waals surface area contributed by atoms with Crippen LogP contribution in [0.1, 0.15) is 40.5 Å². The summed E-state index contributed by atoms with van der Waals surface area (Å²) >= 11 is 12.4. The van der Waals surface area contributed by atoms with E-state index in [-0.39, 0.29) is 51.9 Å². The molecule has 0 spiro atoms. The quantitative estimate of drug-likeness (QED) is 0.216. The molecule has 1 amide bonds. The fourth-order valence-corrected chi connectivity index (χ4v) is 5.46. The van der Waals surface area contributed by atoms with Gasteiger partial charge in [0.1, 0.15) is 11.2 Å². The van der Waals surface area contributed by atoms with Gasteiger partial charge in [0, 0.05) is 36.8 Å². The van der Waals surface area contributed by atoms with Crippen molar-refractivity contribution in [3.8, 4) is 11.1 Å². The van der Waals surface area contributed by atoms with Gasteiger partial charge in [0.15, 0.2) is 0 Å². The number of carbonyl (C=O) groups is 1. The number of amides is 1. The monoisotopic (exact) mass is 627 g/mol. The van der Waals surface area contributed by atoms with E-state index >= 15 is 0 Å². The third kappa shape index (κ3) is 5.72. The highest BCUT2D eigenvalue weighted by atomic mass is 35.5. The van der Waals surface area contributed by atoms with Crippen molar-refractivity contribution in [2.75, 3.05) is 6.54 Å². The Hall–Kier alpha value is -3.57. The summed E-state index contributed by atoms with van der Waals surface area (Å²) in [7, 11) is 0. The van der Waals surface area contributed by atoms with Crippen molar-refractivity contribution in [2.24, 2.45) is 5.92 Å². The van der Waals surface area contributed by atoms with Gasteiger partial charge in [0.2, 0.25) is 0 Å². The van der Waals surface area contributed by atoms with Gasteiger partial charge in [-0.2, -0.15) is 26.3 Å². The number of nitrogens with zero attached hydrogens (tertiary/aromatic N) is 3. The molecule has 2 aromatic heterocycles. The first-order valence-electron chi connectivity index (χ1n) is 12.7. The average molecular weight is 628 g/mol. The van der Waals surface area contributed by atoms with Crippen molar-refractivity contribution < 1.29 is 31.1 Å². The van der Waals surface area contributed by atoms with Gasteiger partial charge < -0.3 is 9.47 Å². The van der Waals surface area contributed by atoms with Crippen LogP contribution in [0.2, 0.25) is 10.0 Å². The SMILES string of the molecule is C[C@@H]1CCn2c(c(-c3ccc(Cl)c(Cl)c3)c3cccnc3c2=O)C(=O)N(Cc2cc(C(F)(F)F)cc(C(F)(F)F)c2)C1. The molecule has 0 aliphatic carbocycles. The maximum absolute atomic E-state index is 14.3. The van der Waals surface area contributed by atoms with Crippen LogP contribution in [0.4, 0.5) is 26.3 Å². The zero-order valence-corrected chi connectivity index (χ0v) is 23.3. The molecule has 220 valence electrons. The normalized spacial score (nSPS) is 16.4. The molecule has 42 heavy (non-hydrogen) atoms. The number of alkyl halides is 6. The summed E-state index contributed by atoms with van der Waals surface area (Å²) in [5.74, 6) is -0.980. The van der Waals surface area contributed by atoms with Crippen molar-refractivity contribution in [1.29, 1.82) is 0 Å². The van der Waals surface area contributed by atoms with E-state index in [4.69, 9.17) is 23.2 Å². The molecule has 2 aromatic carbocycles. The topological polar surface area (TPSA) is 55.2 Å². The van der Waals surface area contributed by atoms with E-state index in [1.165, 1.54) is 27.8 Å². The minimum atomic E-state index is -5.05. The summed E-state index contributed by atoms with van der Waals surface area (Å²) in [5.41, 5.74) is -3.14. The summed E-state index contributed by atoms with van der Waals surface area (Å²) in [6.45, 7) is 1.38. The number of fused-ring (bicyclic) bond motifs is 2. The molecule has 0 radical (unpaired) electrons. The summed E-state index contributed by atoms with van der Waals surface area (Å²) in [6.07, 6.45) is -8.26. The first kappa shape index (κ1) is 29.9. The van der Waals surface area contributed by atoms with E-state index in [1.54, 1.807) is 25.1 Å². The van der Waals surface area contributed by atoms with Crippen molar-refractivity contribution >= 4 is 40.0 Å². The van der Waals surface area contributed by atoms with Crippen molar-refractivity contribution in [2.45, 2.75) is 38.8 Å². The smallest absolute Gasteiger partial charge is 0.333 e. The number of hydrogen-bond acceptors (Lipinski definition) is 3. The molecular formula is C29H21Cl2F6N3O2. The molecule has 0 saturated carbocycles. The van der Waals surface area contributed by atoms with Gasteiger partial charge in [-0.3, -0.25) is 14.6 Å². The fraction of sp³-hybridized carbons (Fsp3) is 0.276. The highest BCUT2D eigenvalue weighted by Crippen LogP contribution is 2.38. The van der Waals surface area contributed by atoms with E-state index in [0.29, 0.717) is 35.1 Å². The standard InChI is InChI=1S/C29H21Cl2F6N3O2/c1-15-6-8-40-25(23(17-4-5-21(30)22(31)11-17)20-3-2-7-38-24(20)26(40)41)27(42)39(13-15)14-16-9-18(28(32,33)34)12-19(10-16)29(35,36)37/h2-5,7,9-12,15H,6,8,13-14H2,1H3/t15-/m1/s1. The molecule has 13 heteroatoms. The number of halogens is 8. The van der Waals surface area contributed by atoms with Gasteiger partial charge in [-0.15, -0.1) is 0 Å². The number of aromatic nitrogens is 2. The van der Waals surface area contributed by atoms with E-state index in [2.05, 4.69) is 4.98 Å². The Morgan fingerprint density at radius 3 is 2.21 bits per heavy atom. The maximum atomic E-state index is 14.3. The second-order valence-corrected chi connectivity index (χ2v) is 11.0. The molecular weight excluding hydrogens is 607 g/mol. The van der Waals surface area contributed by atoms with E-state index < -0.39 is 41.5 Å². The van der Waals surface area contributed by atoms with Gasteiger partial charge >= 0.3 is 12.4 Å². The third-order valence-corrected chi connectivity index (χ3v) is 7.87. The zero-order valence-electron chi connectivity index (χ0n) is 21.8. The van der Waals surface area contributed by atoms with Crippen molar-refractivity contribution in [1.82, 2.24) is 14.5 Å². The van der Waals surface area contributed by atoms with Crippen LogP contribution in [0.3, 0.4) is 0 Å². The number of rotatable bonds is 3. The van der Waals surface area contributed by atoms with Crippen LogP contribution >= 0.6 is 23.2 Å². The molecule has 0 bridgehead atoms. The minimum Gasteiger partial charge on any atom is -0.333 e. The van der Waals surface area contributed by atoms with Crippen LogP contribution in [0.15, 0.2) is 59.5 Å². The summed E-state index contributed by atoms with van der Waals surface area (Å²) in [6, 6.07) is 9.04. The van der Waals surface area contributed by atoms with Crippen LogP contribution in [0, 0.1) is 5.92 Å². The number of carbonyl (C=O) groups excluding carboxylic acids is 1. The summed E-state index contributed by atoms with van der Waals surface area (Å²) in [4.78, 5) is 33.3. The Kier molecular flexibility index (Phi) is 7.78. The third-order valence-electron chi connectivity index (χ3n) is 7.13. The maximum Gasteiger partial charge on any atom is 0.416 e. The number of hydrogen-bond donors (Lipinski definition) is 0. The highest BCUT2D eigenvalue weighted by molar-refractivity contribution is 6.42. The lowest BCUT2D eigenvalue weighted by molar-refractivity contribution is -0.143. The lowest BCUT2D eigenvalue weighted by Gasteiger charge is -2.32. The van der Waals surface area contributed by atoms with E-state index in [9.17, 15) is 35.9 Å². The molecule has 1 atom stereocenters. The predicted octanol–water partition coefficient (Wildman–Crippen LogP) is 8.09. The Morgan fingerprint density at radius 2 is 1.60 bits per heavy atom. The molecule has 0 unspecified atom stereocenters. The molecule has 5 nitrogen and oxygen atoms in total. The second kappa shape index (κ2) is 10.9. The Labute approximate surface area is 245 Å². The molecule has 4 aromatic rings. The Morgan fingerprint density at radius 1 is 0.929 bits per heavy atom. The molecule has 1 aliphatic heterocycles. The number of benzene rings is 2. The van der Waals surface area contributed by atoms with E-state index in [1.807, 2.05) is 0 Å². The van der Waals surface area contributed by atoms with Crippen LogP contribution in [-0.4, -0.2) is 26.9 Å². The van der Waals surface area contributed by atoms with Gasteiger partial charge in [-0.25, -0.2) is 0 Å². The summed E-state index contributed by atoms with van der Waals surface area (Å²) in [5, 5.41) is 0.738. The summed E-state index contributed by atoms with van der Waals surface area (Å²) < 4.78 is 82.6. The molecule has 0 fully saturated rings. The Bertz CT molecular complexity index is 1740. The predicted molar refractivity (Wildman–Crippen MR) is 146 cm³/mol. The second-order valence-electron chi connectivity index (χ2n) is 10.2. The van der Waals surface area contributed by atoms with Crippen molar-refractivity contribution in [3.63, 3.8) is 0 Å². The largest absolute Gasteiger partial charge is 0.416 e. The van der Waals surface area contributed by atoms with Crippen LogP contribution < -0.4 is 5.56 Å². The van der Waals surface area contributed by atoms with Crippen molar-refractivity contribution in [3.05, 3.63) is 97.5 Å². The average Bonchev–Trinajstić information content (AvgIpc) is 2.91. The number of pyridine rings is 2. The lowest BCUT2D eigenvalue weighted by Crippen LogP contribution is -2.41. The lowest BCUT2D eigenvalue weighted by atomic mass is 9.95. The zero-order chi connectivity index (χ0) is 30.6. The minimum absolute atomic E-state index is 0.0243. The fourth-order valence-electron chi connectivity index (χ4n) is 5.17. The van der Waals surface area contributed by atoms with Crippen LogP contribution in [0.25, 0.3) is 22.0 Å². The van der Waals surface area contributed by atoms with Gasteiger partial charge in [0.05, 0.1) is 21.2 Å². The first-order chi connectivity index (χ1) is 19.6. The first-order valence-corrected chi connectivity index (χ1v) is 13.5. The van der Waals surface area contributed by atoms with E-state index in [0.717, 1.165) is 0 Å². The molecule has 5 rings (SSSR count). The highest BCUT2D eigenvalue weighted by Gasteiger charge is 2.38. The molecule has 1 aliphatic rings. The molecule has 3 heterocycles. The van der Waals surface area contributed by atoms with Crippen LogP contribution in [-0.2, 0) is 25.4 Å². The molecule has 0 N–H and O–H groups in total. The Balaban J connectivity index is 1.73. The van der Waals surface area contributed by atoms with Gasteiger partial charge in [-0.1, -0.05) is 42.3 Å². The van der Waals surface area contributed by atoms with Gasteiger partial charge in [0.25, 0.3) is 11.5 Å². The van der Waals surface area contributed by atoms with Gasteiger partial charge in [-0.05, 0) is 59.9 Å². The molecule has 0 saturated heterocycles. The van der Waals surface area contributed by atoms with Crippen LogP contribution in [0.5, 0.6) is 0 Å².